The first-order valence-electron chi connectivity index (χ1n) is 23.2. The van der Waals surface area contributed by atoms with Gasteiger partial charge in [-0.2, -0.15) is 23.5 Å². The van der Waals surface area contributed by atoms with Crippen LogP contribution in [-0.2, 0) is 19.2 Å². The number of rotatable bonds is 25. The fourth-order valence-electron chi connectivity index (χ4n) is 8.02. The van der Waals surface area contributed by atoms with Crippen LogP contribution < -0.4 is 43.0 Å². The van der Waals surface area contributed by atoms with Crippen LogP contribution >= 0.6 is 68.7 Å². The molecule has 2 aromatic carbocycles. The van der Waals surface area contributed by atoms with Crippen molar-refractivity contribution in [3.63, 3.8) is 0 Å². The number of carboxylic acid groups (broad SMARTS) is 3. The van der Waals surface area contributed by atoms with E-state index in [1.807, 2.05) is 23.5 Å². The summed E-state index contributed by atoms with van der Waals surface area (Å²) in [6.07, 6.45) is 9.39. The van der Waals surface area contributed by atoms with Gasteiger partial charge in [0.2, 0.25) is 5.91 Å². The summed E-state index contributed by atoms with van der Waals surface area (Å²) < 4.78 is 2.01. The SMILES string of the molecule is NCCCCC(NC(=O)c1ccc(I)cc1)C(=O)O.O=C(CCCCC1SCC2NC(=O)NC21)NCCCCC(NC(=O)c1ccc(I)cc1)C(=O)O.O=C(O)CCCCC1SCC2NC(=O)NC21. The number of benzene rings is 2. The highest BCUT2D eigenvalue weighted by Crippen LogP contribution is 2.34. The summed E-state index contributed by atoms with van der Waals surface area (Å²) in [4.78, 5) is 91.7. The van der Waals surface area contributed by atoms with Gasteiger partial charge in [-0.3, -0.25) is 19.2 Å². The monoisotopic (exact) mass is 1220 g/mol. The molecule has 0 spiro atoms. The molecule has 4 aliphatic rings. The maximum absolute atomic E-state index is 12.3. The van der Waals surface area contributed by atoms with Gasteiger partial charge in [-0.05, 0) is 164 Å². The highest BCUT2D eigenvalue weighted by atomic mass is 127. The molecule has 8 unspecified atom stereocenters. The molecule has 4 heterocycles. The first kappa shape index (κ1) is 57.5. The number of amides is 7. The second-order valence-electron chi connectivity index (χ2n) is 17.0. The minimum absolute atomic E-state index is 0.00501. The van der Waals surface area contributed by atoms with E-state index in [-0.39, 0.29) is 54.5 Å². The summed E-state index contributed by atoms with van der Waals surface area (Å²) in [5, 5.41) is 47.5. The number of hydrogen-bond acceptors (Lipinski definition) is 11. The summed E-state index contributed by atoms with van der Waals surface area (Å²) in [5.74, 6) is -1.69. The molecule has 23 heteroatoms. The number of hydrogen-bond donors (Lipinski definition) is 11. The molecule has 2 aromatic rings. The van der Waals surface area contributed by atoms with Crippen LogP contribution in [0.5, 0.6) is 0 Å². The Kier molecular flexibility index (Phi) is 25.5. The zero-order valence-electron chi connectivity index (χ0n) is 38.2. The van der Waals surface area contributed by atoms with Gasteiger partial charge in [0.15, 0.2) is 0 Å². The van der Waals surface area contributed by atoms with Gasteiger partial charge in [-0.1, -0.05) is 12.8 Å². The molecule has 8 atom stereocenters. The molecule has 4 fully saturated rings. The highest BCUT2D eigenvalue weighted by Gasteiger charge is 2.43. The van der Waals surface area contributed by atoms with Gasteiger partial charge >= 0.3 is 30.0 Å². The van der Waals surface area contributed by atoms with Crippen LogP contribution in [0.3, 0.4) is 0 Å². The molecular formula is C46H64I2N8O11S2. The first-order chi connectivity index (χ1) is 33.0. The molecular weight excluding hydrogens is 1160 g/mol. The number of thioether (sulfide) groups is 2. The predicted octanol–water partition coefficient (Wildman–Crippen LogP) is 4.89. The Morgan fingerprint density at radius 2 is 1.04 bits per heavy atom. The van der Waals surface area contributed by atoms with Crippen LogP contribution in [0, 0.1) is 7.14 Å². The lowest BCUT2D eigenvalue weighted by Crippen LogP contribution is -2.40. The van der Waals surface area contributed by atoms with E-state index in [0.717, 1.165) is 63.6 Å². The van der Waals surface area contributed by atoms with Crippen molar-refractivity contribution in [2.75, 3.05) is 24.6 Å². The minimum Gasteiger partial charge on any atom is -0.481 e. The Balaban J connectivity index is 0.000000249. The van der Waals surface area contributed by atoms with E-state index in [1.165, 1.54) is 0 Å². The molecule has 0 aliphatic carbocycles. The lowest BCUT2D eigenvalue weighted by molar-refractivity contribution is -0.140. The average Bonchev–Trinajstić information content (AvgIpc) is 4.08. The van der Waals surface area contributed by atoms with Crippen molar-refractivity contribution in [3.05, 3.63) is 66.8 Å². The highest BCUT2D eigenvalue weighted by molar-refractivity contribution is 14.1. The topological polar surface area (TPSA) is 307 Å². The molecule has 6 rings (SSSR count). The van der Waals surface area contributed by atoms with Crippen LogP contribution in [0.4, 0.5) is 9.59 Å². The third kappa shape index (κ3) is 20.7. The van der Waals surface area contributed by atoms with E-state index in [1.54, 1.807) is 48.5 Å². The zero-order valence-corrected chi connectivity index (χ0v) is 44.2. The number of carboxylic acids is 3. The quantitative estimate of drug-likeness (QED) is 0.0359. The second kappa shape index (κ2) is 30.6. The van der Waals surface area contributed by atoms with E-state index in [9.17, 15) is 43.5 Å². The third-order valence-electron chi connectivity index (χ3n) is 11.8. The number of halogens is 2. The Hall–Kier alpha value is -4.08. The van der Waals surface area contributed by atoms with Gasteiger partial charge in [0.1, 0.15) is 12.1 Å². The summed E-state index contributed by atoms with van der Waals surface area (Å²) in [5.41, 5.74) is 6.25. The summed E-state index contributed by atoms with van der Waals surface area (Å²) in [6, 6.07) is 12.8. The number of urea groups is 2. The predicted molar refractivity (Wildman–Crippen MR) is 281 cm³/mol. The fourth-order valence-corrected chi connectivity index (χ4v) is 11.8. The van der Waals surface area contributed by atoms with Gasteiger partial charge in [0, 0.05) is 59.7 Å². The van der Waals surface area contributed by atoms with Gasteiger partial charge in [0.05, 0.1) is 24.2 Å². The van der Waals surface area contributed by atoms with Crippen molar-refractivity contribution in [3.8, 4) is 0 Å². The maximum atomic E-state index is 12.3. The molecule has 0 aromatic heterocycles. The molecule has 7 amide bonds. The Morgan fingerprint density at radius 3 is 1.46 bits per heavy atom. The molecule has 0 radical (unpaired) electrons. The van der Waals surface area contributed by atoms with E-state index >= 15 is 0 Å². The van der Waals surface area contributed by atoms with Crippen LogP contribution in [0.1, 0.15) is 111 Å². The Bertz CT molecular complexity index is 2040. The average molecular weight is 1220 g/mol. The van der Waals surface area contributed by atoms with Gasteiger partial charge in [-0.15, -0.1) is 0 Å². The Labute approximate surface area is 438 Å². The van der Waals surface area contributed by atoms with Crippen LogP contribution in [0.15, 0.2) is 48.5 Å². The molecule has 4 saturated heterocycles. The van der Waals surface area contributed by atoms with Crippen molar-refractivity contribution in [2.24, 2.45) is 5.73 Å². The maximum Gasteiger partial charge on any atom is 0.326 e. The summed E-state index contributed by atoms with van der Waals surface area (Å²) >= 11 is 8.02. The van der Waals surface area contributed by atoms with E-state index in [0.29, 0.717) is 73.2 Å². The van der Waals surface area contributed by atoms with E-state index < -0.39 is 35.9 Å². The summed E-state index contributed by atoms with van der Waals surface area (Å²) in [6.45, 7) is 1.01. The number of aliphatic carboxylic acids is 3. The largest absolute Gasteiger partial charge is 0.481 e. The van der Waals surface area contributed by atoms with E-state index in [4.69, 9.17) is 15.9 Å². The lowest BCUT2D eigenvalue weighted by Gasteiger charge is -2.16. The number of nitrogens with two attached hydrogens (primary N) is 1. The van der Waals surface area contributed by atoms with Gasteiger partial charge in [0.25, 0.3) is 11.8 Å². The molecule has 0 saturated carbocycles. The first-order valence-corrected chi connectivity index (χ1v) is 27.4. The Morgan fingerprint density at radius 1 is 0.609 bits per heavy atom. The number of carbonyl (C=O) groups excluding carboxylic acids is 5. The molecule has 12 N–H and O–H groups in total. The van der Waals surface area contributed by atoms with E-state index in [2.05, 4.69) is 82.4 Å². The van der Waals surface area contributed by atoms with Gasteiger partial charge < -0.3 is 58.3 Å². The second-order valence-corrected chi connectivity index (χ2v) is 22.0. The number of carbonyl (C=O) groups is 8. The fraction of sp³-hybridized carbons (Fsp3) is 0.565. The normalized spacial score (nSPS) is 21.4. The van der Waals surface area contributed by atoms with Crippen molar-refractivity contribution in [1.82, 2.24) is 37.2 Å². The van der Waals surface area contributed by atoms with Crippen molar-refractivity contribution in [2.45, 2.75) is 137 Å². The number of unbranched alkanes of at least 4 members (excludes halogenated alkanes) is 4. The third-order valence-corrected chi connectivity index (χ3v) is 16.2. The van der Waals surface area contributed by atoms with Gasteiger partial charge in [-0.25, -0.2) is 19.2 Å². The molecule has 380 valence electrons. The smallest absolute Gasteiger partial charge is 0.326 e. The molecule has 19 nitrogen and oxygen atoms in total. The molecule has 0 bridgehead atoms. The van der Waals surface area contributed by atoms with Crippen LogP contribution in [-0.4, -0.2) is 134 Å². The molecule has 4 aliphatic heterocycles. The van der Waals surface area contributed by atoms with Crippen molar-refractivity contribution < 1.29 is 53.7 Å². The standard InChI is InChI=1S/C23H31IN4O5S.C13H17IN2O3.C10H16N2O3S/c24-15-10-8-14(9-11-15)21(30)26-16(22(31)32)5-3-4-12-25-19(29)7-2-1-6-18-20-17(13-34-18)27-23(33)28-20;14-10-6-4-9(5-7-10)12(17)16-11(13(18)19)3-1-2-8-15;13-8(14)4-2-1-3-7-9-6(5-16-7)11-10(15)12-9/h8-11,16-18,20H,1-7,12-13H2,(H,25,29)(H,26,30)(H,31,32)(H2,27,28,33);4-7,11H,1-3,8,15H2,(H,16,17)(H,18,19);6-7,9H,1-5H2,(H,13,14)(H2,11,12,15). The zero-order chi connectivity index (χ0) is 50.3. The van der Waals surface area contributed by atoms with Crippen molar-refractivity contribution >= 4 is 116 Å². The minimum atomic E-state index is -1.07. The summed E-state index contributed by atoms with van der Waals surface area (Å²) in [7, 11) is 0. The number of fused-ring (bicyclic) bond motifs is 2. The molecule has 69 heavy (non-hydrogen) atoms. The number of nitrogens with one attached hydrogen (secondary N) is 7. The van der Waals surface area contributed by atoms with Crippen LogP contribution in [0.25, 0.3) is 0 Å². The lowest BCUT2D eigenvalue weighted by atomic mass is 10.0. The van der Waals surface area contributed by atoms with Crippen molar-refractivity contribution in [1.29, 1.82) is 0 Å². The van der Waals surface area contributed by atoms with Crippen LogP contribution in [0.2, 0.25) is 0 Å².